The van der Waals surface area contributed by atoms with E-state index < -0.39 is 23.1 Å². The van der Waals surface area contributed by atoms with E-state index in [-0.39, 0.29) is 11.7 Å². The van der Waals surface area contributed by atoms with Crippen LogP contribution in [0.3, 0.4) is 0 Å². The molecule has 1 unspecified atom stereocenters. The molecule has 96 valence electrons. The second-order valence-corrected chi connectivity index (χ2v) is 4.21. The first kappa shape index (κ1) is 13.7. The molecule has 0 amide bonds. The number of nitrogens with zero attached hydrogens (tertiary/aromatic N) is 2. The van der Waals surface area contributed by atoms with Crippen LogP contribution < -0.4 is 5.32 Å². The summed E-state index contributed by atoms with van der Waals surface area (Å²) < 4.78 is 36.5. The van der Waals surface area contributed by atoms with Gasteiger partial charge in [-0.3, -0.25) is 4.79 Å². The highest BCUT2D eigenvalue weighted by atomic mass is 32.1. The number of carboxylic acids is 1. The molecule has 0 fully saturated rings. The number of carbonyl (C=O) groups is 1. The lowest BCUT2D eigenvalue weighted by Gasteiger charge is -2.09. The summed E-state index contributed by atoms with van der Waals surface area (Å²) in [6, 6.07) is 0. The Kier molecular flexibility index (Phi) is 4.27. The molecule has 17 heavy (non-hydrogen) atoms. The number of hydrogen-bond acceptors (Lipinski definition) is 5. The van der Waals surface area contributed by atoms with Crippen LogP contribution in [-0.4, -0.2) is 27.8 Å². The van der Waals surface area contributed by atoms with Crippen LogP contribution in [0.2, 0.25) is 0 Å². The van der Waals surface area contributed by atoms with Crippen molar-refractivity contribution in [1.82, 2.24) is 10.2 Å². The molecule has 1 rings (SSSR count). The van der Waals surface area contributed by atoms with Crippen molar-refractivity contribution in [2.24, 2.45) is 5.92 Å². The monoisotopic (exact) mass is 269 g/mol. The summed E-state index contributed by atoms with van der Waals surface area (Å²) >= 11 is 0.353. The van der Waals surface area contributed by atoms with Crippen molar-refractivity contribution in [3.63, 3.8) is 0 Å². The quantitative estimate of drug-likeness (QED) is 0.856. The van der Waals surface area contributed by atoms with Gasteiger partial charge in [0, 0.05) is 6.54 Å². The summed E-state index contributed by atoms with van der Waals surface area (Å²) in [5, 5.41) is 16.4. The third-order valence-electron chi connectivity index (χ3n) is 2.01. The average Bonchev–Trinajstić information content (AvgIpc) is 2.66. The van der Waals surface area contributed by atoms with Gasteiger partial charge in [-0.05, 0) is 6.42 Å². The Morgan fingerprint density at radius 2 is 2.18 bits per heavy atom. The van der Waals surface area contributed by atoms with Crippen LogP contribution in [0.1, 0.15) is 18.4 Å². The molecule has 5 nitrogen and oxygen atoms in total. The van der Waals surface area contributed by atoms with Crippen molar-refractivity contribution in [2.75, 3.05) is 11.9 Å². The summed E-state index contributed by atoms with van der Waals surface area (Å²) in [6.07, 6.45) is -4.14. The van der Waals surface area contributed by atoms with Gasteiger partial charge < -0.3 is 10.4 Å². The number of rotatable bonds is 5. The normalized spacial score (nSPS) is 13.4. The second kappa shape index (κ2) is 5.30. The van der Waals surface area contributed by atoms with E-state index in [1.807, 2.05) is 0 Å². The zero-order chi connectivity index (χ0) is 13.1. The van der Waals surface area contributed by atoms with Crippen molar-refractivity contribution < 1.29 is 23.1 Å². The fourth-order valence-corrected chi connectivity index (χ4v) is 1.64. The molecule has 0 aliphatic rings. The lowest BCUT2D eigenvalue weighted by atomic mass is 10.1. The molecule has 1 aromatic rings. The minimum atomic E-state index is -4.52. The largest absolute Gasteiger partial charge is 0.481 e. The third kappa shape index (κ3) is 3.84. The van der Waals surface area contributed by atoms with Crippen LogP contribution in [0.5, 0.6) is 0 Å². The van der Waals surface area contributed by atoms with Crippen molar-refractivity contribution >= 4 is 22.4 Å². The maximum Gasteiger partial charge on any atom is 0.445 e. The van der Waals surface area contributed by atoms with Crippen molar-refractivity contribution in [3.8, 4) is 0 Å². The zero-order valence-corrected chi connectivity index (χ0v) is 9.60. The Hall–Kier alpha value is -1.38. The van der Waals surface area contributed by atoms with Crippen LogP contribution in [0, 0.1) is 5.92 Å². The number of alkyl halides is 3. The molecule has 2 N–H and O–H groups in total. The summed E-state index contributed by atoms with van der Waals surface area (Å²) in [5.74, 6) is -1.66. The molecule has 1 heterocycles. The van der Waals surface area contributed by atoms with E-state index in [0.29, 0.717) is 17.8 Å². The van der Waals surface area contributed by atoms with E-state index in [1.54, 1.807) is 6.92 Å². The summed E-state index contributed by atoms with van der Waals surface area (Å²) in [5.41, 5.74) is 0. The summed E-state index contributed by atoms with van der Waals surface area (Å²) in [6.45, 7) is 1.71. The minimum absolute atomic E-state index is 0.0261. The molecule has 0 aliphatic carbocycles. The number of aromatic nitrogens is 2. The Balaban J connectivity index is 2.58. The van der Waals surface area contributed by atoms with Crippen LogP contribution in [0.15, 0.2) is 0 Å². The molecule has 0 radical (unpaired) electrons. The second-order valence-electron chi connectivity index (χ2n) is 3.23. The lowest BCUT2D eigenvalue weighted by molar-refractivity contribution is -0.141. The topological polar surface area (TPSA) is 75.1 Å². The third-order valence-corrected chi connectivity index (χ3v) is 2.94. The number of carboxylic acid groups (broad SMARTS) is 1. The molecular formula is C8H10F3N3O2S. The van der Waals surface area contributed by atoms with Crippen LogP contribution in [0.25, 0.3) is 0 Å². The van der Waals surface area contributed by atoms with Crippen molar-refractivity contribution in [1.29, 1.82) is 0 Å². The maximum absolute atomic E-state index is 12.2. The number of anilines is 1. The van der Waals surface area contributed by atoms with Gasteiger partial charge in [0.05, 0.1) is 5.92 Å². The van der Waals surface area contributed by atoms with E-state index in [2.05, 4.69) is 15.5 Å². The Bertz CT molecular complexity index is 394. The highest BCUT2D eigenvalue weighted by Crippen LogP contribution is 2.32. The fourth-order valence-electron chi connectivity index (χ4n) is 1.03. The van der Waals surface area contributed by atoms with Crippen LogP contribution in [0.4, 0.5) is 18.3 Å². The van der Waals surface area contributed by atoms with Gasteiger partial charge in [-0.2, -0.15) is 13.2 Å². The molecule has 0 saturated heterocycles. The molecule has 0 aliphatic heterocycles. The number of aliphatic carboxylic acids is 1. The Morgan fingerprint density at radius 1 is 1.53 bits per heavy atom. The van der Waals surface area contributed by atoms with E-state index in [4.69, 9.17) is 5.11 Å². The molecule has 1 atom stereocenters. The van der Waals surface area contributed by atoms with E-state index in [9.17, 15) is 18.0 Å². The Morgan fingerprint density at radius 3 is 2.59 bits per heavy atom. The van der Waals surface area contributed by atoms with E-state index >= 15 is 0 Å². The molecule has 1 aromatic heterocycles. The van der Waals surface area contributed by atoms with Gasteiger partial charge in [0.15, 0.2) is 0 Å². The predicted molar refractivity (Wildman–Crippen MR) is 54.8 cm³/mol. The minimum Gasteiger partial charge on any atom is -0.481 e. The standard InChI is InChI=1S/C8H10F3N3O2S/c1-2-4(5(15)16)3-12-7-14-13-6(17-7)8(9,10)11/h4H,2-3H2,1H3,(H,12,14)(H,15,16). The highest BCUT2D eigenvalue weighted by Gasteiger charge is 2.35. The fraction of sp³-hybridized carbons (Fsp3) is 0.625. The molecule has 0 saturated carbocycles. The first-order valence-electron chi connectivity index (χ1n) is 4.72. The molecule has 9 heteroatoms. The van der Waals surface area contributed by atoms with Crippen LogP contribution in [-0.2, 0) is 11.0 Å². The smallest absolute Gasteiger partial charge is 0.445 e. The predicted octanol–water partition coefficient (Wildman–Crippen LogP) is 2.08. The first-order chi connectivity index (χ1) is 7.84. The van der Waals surface area contributed by atoms with E-state index in [1.165, 1.54) is 0 Å². The van der Waals surface area contributed by atoms with Crippen LogP contribution >= 0.6 is 11.3 Å². The Labute approximate surface area is 98.7 Å². The number of halogens is 3. The van der Waals surface area contributed by atoms with Gasteiger partial charge in [0.1, 0.15) is 0 Å². The zero-order valence-electron chi connectivity index (χ0n) is 8.78. The van der Waals surface area contributed by atoms with Gasteiger partial charge in [-0.15, -0.1) is 10.2 Å². The van der Waals surface area contributed by atoms with Gasteiger partial charge in [0.2, 0.25) is 10.1 Å². The van der Waals surface area contributed by atoms with Gasteiger partial charge in [-0.25, -0.2) is 0 Å². The first-order valence-corrected chi connectivity index (χ1v) is 5.53. The molecule has 0 bridgehead atoms. The van der Waals surface area contributed by atoms with Gasteiger partial charge in [-0.1, -0.05) is 18.3 Å². The van der Waals surface area contributed by atoms with Gasteiger partial charge >= 0.3 is 12.1 Å². The van der Waals surface area contributed by atoms with E-state index in [0.717, 1.165) is 0 Å². The van der Waals surface area contributed by atoms with Gasteiger partial charge in [0.25, 0.3) is 0 Å². The highest BCUT2D eigenvalue weighted by molar-refractivity contribution is 7.15. The molecule has 0 aromatic carbocycles. The average molecular weight is 269 g/mol. The molecular weight excluding hydrogens is 259 g/mol. The number of nitrogens with one attached hydrogen (secondary N) is 1. The lowest BCUT2D eigenvalue weighted by Crippen LogP contribution is -2.21. The summed E-state index contributed by atoms with van der Waals surface area (Å²) in [7, 11) is 0. The SMILES string of the molecule is CCC(CNc1nnc(C(F)(F)F)s1)C(=O)O. The van der Waals surface area contributed by atoms with Crippen molar-refractivity contribution in [2.45, 2.75) is 19.5 Å². The molecule has 0 spiro atoms. The van der Waals surface area contributed by atoms with Crippen molar-refractivity contribution in [3.05, 3.63) is 5.01 Å². The maximum atomic E-state index is 12.2. The summed E-state index contributed by atoms with van der Waals surface area (Å²) in [4.78, 5) is 10.7. The number of hydrogen-bond donors (Lipinski definition) is 2.